The molecular formula is C29H35F4NO7. The van der Waals surface area contributed by atoms with Crippen LogP contribution in [-0.4, -0.2) is 67.3 Å². The lowest BCUT2D eigenvalue weighted by molar-refractivity contribution is -0.189. The van der Waals surface area contributed by atoms with Crippen molar-refractivity contribution in [2.24, 2.45) is 0 Å². The van der Waals surface area contributed by atoms with Crippen LogP contribution in [0.4, 0.5) is 22.4 Å². The zero-order valence-corrected chi connectivity index (χ0v) is 23.8. The molecule has 0 bridgehead atoms. The van der Waals surface area contributed by atoms with E-state index in [0.717, 1.165) is 12.7 Å². The van der Waals surface area contributed by atoms with Gasteiger partial charge in [-0.1, -0.05) is 30.3 Å². The molecule has 3 atom stereocenters. The van der Waals surface area contributed by atoms with Crippen molar-refractivity contribution in [1.29, 1.82) is 0 Å². The number of methoxy groups -OCH3 is 1. The molecule has 0 aromatic heterocycles. The van der Waals surface area contributed by atoms with Gasteiger partial charge in [0.25, 0.3) is 0 Å². The summed E-state index contributed by atoms with van der Waals surface area (Å²) in [5.41, 5.74) is -0.581. The van der Waals surface area contributed by atoms with Gasteiger partial charge in [0, 0.05) is 0 Å². The van der Waals surface area contributed by atoms with Crippen LogP contribution in [0.25, 0.3) is 0 Å². The summed E-state index contributed by atoms with van der Waals surface area (Å²) in [4.78, 5) is 27.1. The van der Waals surface area contributed by atoms with Crippen LogP contribution >= 0.6 is 0 Å². The van der Waals surface area contributed by atoms with Gasteiger partial charge >= 0.3 is 18.2 Å². The Labute approximate surface area is 236 Å². The van der Waals surface area contributed by atoms with Crippen LogP contribution in [0.1, 0.15) is 55.6 Å². The summed E-state index contributed by atoms with van der Waals surface area (Å²) in [7, 11) is 0.997. The number of amides is 1. The highest BCUT2D eigenvalue weighted by molar-refractivity contribution is 5.96. The molecule has 0 unspecified atom stereocenters. The first-order valence-corrected chi connectivity index (χ1v) is 13.0. The van der Waals surface area contributed by atoms with Crippen molar-refractivity contribution in [3.05, 3.63) is 58.9 Å². The van der Waals surface area contributed by atoms with Crippen LogP contribution < -0.4 is 9.47 Å². The number of nitrogens with zero attached hydrogens (tertiary/aromatic N) is 1. The second kappa shape index (κ2) is 13.0. The molecule has 0 N–H and O–H groups in total. The first-order valence-electron chi connectivity index (χ1n) is 13.0. The fraction of sp³-hybridized carbons (Fsp3) is 0.517. The fourth-order valence-electron chi connectivity index (χ4n) is 4.17. The Morgan fingerprint density at radius 3 is 2.37 bits per heavy atom. The first-order chi connectivity index (χ1) is 19.1. The third-order valence-electron chi connectivity index (χ3n) is 6.28. The lowest BCUT2D eigenvalue weighted by Crippen LogP contribution is -2.42. The van der Waals surface area contributed by atoms with Crippen molar-refractivity contribution in [2.75, 3.05) is 20.3 Å². The van der Waals surface area contributed by atoms with E-state index < -0.39 is 53.1 Å². The predicted molar refractivity (Wildman–Crippen MR) is 140 cm³/mol. The fourth-order valence-corrected chi connectivity index (χ4v) is 4.17. The van der Waals surface area contributed by atoms with Gasteiger partial charge in [-0.15, -0.1) is 0 Å². The van der Waals surface area contributed by atoms with E-state index in [0.29, 0.717) is 20.0 Å². The smallest absolute Gasteiger partial charge is 0.425 e. The minimum absolute atomic E-state index is 0.114. The first kappa shape index (κ1) is 32.0. The summed E-state index contributed by atoms with van der Waals surface area (Å²) in [6.07, 6.45) is -7.89. The van der Waals surface area contributed by atoms with Crippen molar-refractivity contribution in [3.63, 3.8) is 0 Å². The summed E-state index contributed by atoms with van der Waals surface area (Å²) in [6.45, 7) is 7.46. The minimum Gasteiger partial charge on any atom is -0.490 e. The Bertz CT molecular complexity index is 1210. The second-order valence-corrected chi connectivity index (χ2v) is 10.8. The summed E-state index contributed by atoms with van der Waals surface area (Å²) < 4.78 is 81.7. The number of rotatable bonds is 9. The van der Waals surface area contributed by atoms with Gasteiger partial charge in [0.1, 0.15) is 23.5 Å². The molecule has 1 aliphatic rings. The number of ether oxygens (including phenoxy) is 5. The molecule has 0 radical (unpaired) electrons. The van der Waals surface area contributed by atoms with Crippen molar-refractivity contribution in [1.82, 2.24) is 4.90 Å². The Kier molecular flexibility index (Phi) is 10.1. The van der Waals surface area contributed by atoms with Gasteiger partial charge < -0.3 is 23.7 Å². The molecule has 8 nitrogen and oxygen atoms in total. The maximum atomic E-state index is 15.0. The maximum absolute atomic E-state index is 15.0. The van der Waals surface area contributed by atoms with E-state index in [1.54, 1.807) is 20.8 Å². The van der Waals surface area contributed by atoms with Gasteiger partial charge in [-0.05, 0) is 58.2 Å². The third kappa shape index (κ3) is 8.48. The number of carbonyl (C=O) groups is 2. The average molecular weight is 586 g/mol. The number of hydrogen-bond acceptors (Lipinski definition) is 7. The normalized spacial score (nSPS) is 18.1. The van der Waals surface area contributed by atoms with Gasteiger partial charge in [0.15, 0.2) is 17.7 Å². The highest BCUT2D eigenvalue weighted by Crippen LogP contribution is 2.38. The molecule has 2 aromatic rings. The summed E-state index contributed by atoms with van der Waals surface area (Å²) in [5, 5.41) is 0. The van der Waals surface area contributed by atoms with Crippen LogP contribution in [0.15, 0.2) is 36.4 Å². The lowest BCUT2D eigenvalue weighted by atomic mass is 10.1. The highest BCUT2D eigenvalue weighted by atomic mass is 19.4. The van der Waals surface area contributed by atoms with E-state index in [1.165, 1.54) is 17.9 Å². The number of alkyl halides is 3. The van der Waals surface area contributed by atoms with E-state index in [2.05, 4.69) is 0 Å². The van der Waals surface area contributed by atoms with E-state index in [4.69, 9.17) is 23.7 Å². The molecule has 1 fully saturated rings. The summed E-state index contributed by atoms with van der Waals surface area (Å²) >= 11 is 0. The Morgan fingerprint density at radius 1 is 1.12 bits per heavy atom. The highest BCUT2D eigenvalue weighted by Gasteiger charge is 2.41. The zero-order valence-electron chi connectivity index (χ0n) is 23.8. The molecule has 0 saturated carbocycles. The number of carbonyl (C=O) groups excluding carboxylic acids is 2. The number of aryl methyl sites for hydroxylation is 1. The zero-order chi connectivity index (χ0) is 30.5. The topological polar surface area (TPSA) is 83.5 Å². The van der Waals surface area contributed by atoms with E-state index in [-0.39, 0.29) is 30.6 Å². The van der Waals surface area contributed by atoms with Crippen LogP contribution in [0.3, 0.4) is 0 Å². The van der Waals surface area contributed by atoms with E-state index in [9.17, 15) is 27.2 Å². The third-order valence-corrected chi connectivity index (χ3v) is 6.28. The predicted octanol–water partition coefficient (Wildman–Crippen LogP) is 6.22. The summed E-state index contributed by atoms with van der Waals surface area (Å²) in [6, 6.07) is 10.0. The Morgan fingerprint density at radius 2 is 1.78 bits per heavy atom. The molecule has 3 rings (SSSR count). The molecule has 1 heterocycles. The maximum Gasteiger partial charge on any atom is 0.425 e. The molecule has 12 heteroatoms. The Hall–Kier alpha value is -3.54. The molecular weight excluding hydrogens is 550 g/mol. The van der Waals surface area contributed by atoms with Crippen molar-refractivity contribution < 1.29 is 50.8 Å². The minimum atomic E-state index is -4.82. The molecule has 1 aliphatic heterocycles. The SMILES string of the molecule is COC(=O)c1c(OC[C@H]2C[C@H](OCc3ccccc3)CN2C(=O)OC(C)(C)C)cc(C)c(F)c1O[C@H](C)C(F)(F)F. The number of halogens is 4. The van der Waals surface area contributed by atoms with Gasteiger partial charge in [-0.2, -0.15) is 13.2 Å². The molecule has 0 spiro atoms. The van der Waals surface area contributed by atoms with Crippen molar-refractivity contribution >= 4 is 12.1 Å². The van der Waals surface area contributed by atoms with E-state index in [1.807, 2.05) is 30.3 Å². The standard InChI is InChI=1S/C29H35F4NO7/c1-17-12-22(23(26(35)37-6)25(24(17)30)40-18(2)29(31,32)33)39-16-20-13-21(38-15-19-10-8-7-9-11-19)14-34(20)27(36)41-28(3,4)5/h7-12,18,20-21H,13-16H2,1-6H3/t18-,20-,21+/m1/s1. The van der Waals surface area contributed by atoms with Gasteiger partial charge in [-0.25, -0.2) is 14.0 Å². The largest absolute Gasteiger partial charge is 0.490 e. The number of esters is 1. The van der Waals surface area contributed by atoms with Crippen molar-refractivity contribution in [2.45, 2.75) is 77.7 Å². The molecule has 226 valence electrons. The van der Waals surface area contributed by atoms with Crippen molar-refractivity contribution in [3.8, 4) is 11.5 Å². The summed E-state index contributed by atoms with van der Waals surface area (Å²) in [5.74, 6) is -3.49. The van der Waals surface area contributed by atoms with Crippen LogP contribution in [0.5, 0.6) is 11.5 Å². The molecule has 2 aromatic carbocycles. The van der Waals surface area contributed by atoms with Gasteiger partial charge in [0.2, 0.25) is 0 Å². The number of likely N-dealkylation sites (tertiary alicyclic amines) is 1. The van der Waals surface area contributed by atoms with Crippen LogP contribution in [-0.2, 0) is 20.8 Å². The molecule has 41 heavy (non-hydrogen) atoms. The molecule has 1 amide bonds. The number of benzene rings is 2. The lowest BCUT2D eigenvalue weighted by Gasteiger charge is -2.28. The van der Waals surface area contributed by atoms with Gasteiger partial charge in [-0.3, -0.25) is 4.90 Å². The quantitative estimate of drug-likeness (QED) is 0.255. The molecule has 1 saturated heterocycles. The van der Waals surface area contributed by atoms with Gasteiger partial charge in [0.05, 0.1) is 32.4 Å². The molecule has 0 aliphatic carbocycles. The average Bonchev–Trinajstić information content (AvgIpc) is 3.31. The monoisotopic (exact) mass is 585 g/mol. The number of hydrogen-bond donors (Lipinski definition) is 0. The second-order valence-electron chi connectivity index (χ2n) is 10.8. The van der Waals surface area contributed by atoms with Crippen LogP contribution in [0, 0.1) is 12.7 Å². The van der Waals surface area contributed by atoms with E-state index >= 15 is 0 Å². The Balaban J connectivity index is 1.87. The van der Waals surface area contributed by atoms with Crippen LogP contribution in [0.2, 0.25) is 0 Å².